The zero-order chi connectivity index (χ0) is 12.4. The van der Waals surface area contributed by atoms with Crippen molar-refractivity contribution in [3.8, 4) is 0 Å². The Morgan fingerprint density at radius 3 is 2.82 bits per heavy atom. The van der Waals surface area contributed by atoms with E-state index in [1.807, 2.05) is 25.3 Å². The Balaban J connectivity index is 2.19. The Kier molecular flexibility index (Phi) is 3.40. The lowest BCUT2D eigenvalue weighted by Crippen LogP contribution is -2.16. The van der Waals surface area contributed by atoms with Crippen LogP contribution in [0.4, 0.5) is 5.82 Å². The van der Waals surface area contributed by atoms with Crippen LogP contribution in [0.2, 0.25) is 0 Å². The topological polar surface area (TPSA) is 77.8 Å². The minimum absolute atomic E-state index is 0.149. The van der Waals surface area contributed by atoms with Crippen molar-refractivity contribution in [3.63, 3.8) is 0 Å². The van der Waals surface area contributed by atoms with Gasteiger partial charge < -0.3 is 11.5 Å². The molecule has 0 saturated heterocycles. The van der Waals surface area contributed by atoms with Gasteiger partial charge in [0.1, 0.15) is 5.82 Å². The molecule has 1 unspecified atom stereocenters. The number of aryl methyl sites for hydroxylation is 2. The molecule has 0 bridgehead atoms. The molecule has 17 heavy (non-hydrogen) atoms. The molecular formula is C12H16N4S. The van der Waals surface area contributed by atoms with Gasteiger partial charge in [-0.1, -0.05) is 0 Å². The first-order valence-corrected chi connectivity index (χ1v) is 6.33. The molecule has 2 aromatic heterocycles. The highest BCUT2D eigenvalue weighted by molar-refractivity contribution is 7.09. The standard InChI is InChI=1S/C12H16N4S/c1-7-3-10(12(14)15-5-7)11(13)4-9-6-17-8(2)16-9/h3,5-6,11H,4,13H2,1-2H3,(H2,14,15). The van der Waals surface area contributed by atoms with Crippen molar-refractivity contribution in [1.29, 1.82) is 0 Å². The fourth-order valence-corrected chi connectivity index (χ4v) is 2.36. The summed E-state index contributed by atoms with van der Waals surface area (Å²) in [5.74, 6) is 0.509. The van der Waals surface area contributed by atoms with E-state index in [1.54, 1.807) is 17.5 Å². The predicted octanol–water partition coefficient (Wildman–Crippen LogP) is 1.98. The second-order valence-corrected chi connectivity index (χ2v) is 5.22. The molecule has 0 saturated carbocycles. The third kappa shape index (κ3) is 2.81. The zero-order valence-corrected chi connectivity index (χ0v) is 10.8. The van der Waals surface area contributed by atoms with Gasteiger partial charge in [-0.3, -0.25) is 0 Å². The summed E-state index contributed by atoms with van der Waals surface area (Å²) in [6.45, 7) is 3.97. The number of nitrogens with zero attached hydrogens (tertiary/aromatic N) is 2. The molecular weight excluding hydrogens is 232 g/mol. The fraction of sp³-hybridized carbons (Fsp3) is 0.333. The van der Waals surface area contributed by atoms with Gasteiger partial charge in [0, 0.05) is 29.6 Å². The Bertz CT molecular complexity index is 521. The van der Waals surface area contributed by atoms with E-state index >= 15 is 0 Å². The monoisotopic (exact) mass is 248 g/mol. The largest absolute Gasteiger partial charge is 0.383 e. The molecule has 2 aromatic rings. The number of hydrogen-bond acceptors (Lipinski definition) is 5. The Morgan fingerprint density at radius 1 is 1.41 bits per heavy atom. The van der Waals surface area contributed by atoms with Crippen LogP contribution in [0.5, 0.6) is 0 Å². The van der Waals surface area contributed by atoms with E-state index in [0.717, 1.165) is 21.8 Å². The van der Waals surface area contributed by atoms with Crippen molar-refractivity contribution in [2.75, 3.05) is 5.73 Å². The second kappa shape index (κ2) is 4.81. The number of anilines is 1. The molecule has 4 nitrogen and oxygen atoms in total. The average Bonchev–Trinajstić information content (AvgIpc) is 2.67. The summed E-state index contributed by atoms with van der Waals surface area (Å²) in [6.07, 6.45) is 2.44. The molecule has 0 aromatic carbocycles. The number of thiazole rings is 1. The van der Waals surface area contributed by atoms with Gasteiger partial charge in [-0.2, -0.15) is 0 Å². The van der Waals surface area contributed by atoms with E-state index in [0.29, 0.717) is 12.2 Å². The normalized spacial score (nSPS) is 12.6. The van der Waals surface area contributed by atoms with Gasteiger partial charge >= 0.3 is 0 Å². The number of nitrogens with two attached hydrogens (primary N) is 2. The molecule has 0 fully saturated rings. The summed E-state index contributed by atoms with van der Waals surface area (Å²) in [5.41, 5.74) is 15.0. The highest BCUT2D eigenvalue weighted by Gasteiger charge is 2.13. The van der Waals surface area contributed by atoms with Crippen LogP contribution in [0.15, 0.2) is 17.6 Å². The highest BCUT2D eigenvalue weighted by Crippen LogP contribution is 2.22. The van der Waals surface area contributed by atoms with E-state index in [9.17, 15) is 0 Å². The van der Waals surface area contributed by atoms with E-state index in [2.05, 4.69) is 9.97 Å². The van der Waals surface area contributed by atoms with Gasteiger partial charge in [0.2, 0.25) is 0 Å². The minimum atomic E-state index is -0.149. The van der Waals surface area contributed by atoms with Crippen LogP contribution < -0.4 is 11.5 Å². The van der Waals surface area contributed by atoms with Gasteiger partial charge in [0.15, 0.2) is 0 Å². The maximum atomic E-state index is 6.15. The lowest BCUT2D eigenvalue weighted by atomic mass is 10.0. The summed E-state index contributed by atoms with van der Waals surface area (Å²) in [5, 5.41) is 3.09. The summed E-state index contributed by atoms with van der Waals surface area (Å²) in [7, 11) is 0. The van der Waals surface area contributed by atoms with Crippen molar-refractivity contribution in [3.05, 3.63) is 39.5 Å². The predicted molar refractivity (Wildman–Crippen MR) is 70.9 cm³/mol. The molecule has 2 heterocycles. The summed E-state index contributed by atoms with van der Waals surface area (Å²) < 4.78 is 0. The highest BCUT2D eigenvalue weighted by atomic mass is 32.1. The van der Waals surface area contributed by atoms with Crippen LogP contribution in [-0.2, 0) is 6.42 Å². The molecule has 1 atom stereocenters. The quantitative estimate of drug-likeness (QED) is 0.870. The molecule has 0 radical (unpaired) electrons. The minimum Gasteiger partial charge on any atom is -0.383 e. The first-order chi connectivity index (χ1) is 8.06. The molecule has 0 aliphatic carbocycles. The number of rotatable bonds is 3. The summed E-state index contributed by atoms with van der Waals surface area (Å²) >= 11 is 1.64. The second-order valence-electron chi connectivity index (χ2n) is 4.16. The van der Waals surface area contributed by atoms with Gasteiger partial charge in [-0.25, -0.2) is 9.97 Å². The first kappa shape index (κ1) is 12.0. The Hall–Kier alpha value is -1.46. The Morgan fingerprint density at radius 2 is 2.18 bits per heavy atom. The lowest BCUT2D eigenvalue weighted by molar-refractivity contribution is 0.707. The van der Waals surface area contributed by atoms with Crippen molar-refractivity contribution < 1.29 is 0 Å². The van der Waals surface area contributed by atoms with Gasteiger partial charge in [0.05, 0.1) is 10.7 Å². The molecule has 0 aliphatic rings. The van der Waals surface area contributed by atoms with E-state index in [-0.39, 0.29) is 6.04 Å². The maximum Gasteiger partial charge on any atom is 0.128 e. The third-order valence-corrected chi connectivity index (χ3v) is 3.40. The number of nitrogen functional groups attached to an aromatic ring is 1. The molecule has 90 valence electrons. The summed E-state index contributed by atoms with van der Waals surface area (Å²) in [4.78, 5) is 8.53. The first-order valence-electron chi connectivity index (χ1n) is 5.45. The van der Waals surface area contributed by atoms with Crippen LogP contribution in [0, 0.1) is 13.8 Å². The molecule has 0 aliphatic heterocycles. The van der Waals surface area contributed by atoms with Crippen molar-refractivity contribution >= 4 is 17.2 Å². The van der Waals surface area contributed by atoms with Crippen molar-refractivity contribution in [2.45, 2.75) is 26.3 Å². The maximum absolute atomic E-state index is 6.15. The molecule has 0 spiro atoms. The van der Waals surface area contributed by atoms with Crippen LogP contribution in [0.25, 0.3) is 0 Å². The molecule has 5 heteroatoms. The van der Waals surface area contributed by atoms with Crippen LogP contribution in [0.3, 0.4) is 0 Å². The van der Waals surface area contributed by atoms with E-state index in [1.165, 1.54) is 0 Å². The number of pyridine rings is 1. The SMILES string of the molecule is Cc1cnc(N)c(C(N)Cc2csc(C)n2)c1. The van der Waals surface area contributed by atoms with E-state index < -0.39 is 0 Å². The lowest BCUT2D eigenvalue weighted by Gasteiger charge is -2.13. The van der Waals surface area contributed by atoms with E-state index in [4.69, 9.17) is 11.5 Å². The van der Waals surface area contributed by atoms with Gasteiger partial charge in [-0.15, -0.1) is 11.3 Å². The zero-order valence-electron chi connectivity index (χ0n) is 9.97. The molecule has 0 amide bonds. The van der Waals surface area contributed by atoms with Crippen LogP contribution >= 0.6 is 11.3 Å². The van der Waals surface area contributed by atoms with Gasteiger partial charge in [-0.05, 0) is 25.5 Å². The van der Waals surface area contributed by atoms with Crippen molar-refractivity contribution in [1.82, 2.24) is 9.97 Å². The molecule has 4 N–H and O–H groups in total. The third-order valence-electron chi connectivity index (χ3n) is 2.58. The smallest absolute Gasteiger partial charge is 0.128 e. The average molecular weight is 248 g/mol. The number of hydrogen-bond donors (Lipinski definition) is 2. The van der Waals surface area contributed by atoms with Crippen LogP contribution in [-0.4, -0.2) is 9.97 Å². The molecule has 2 rings (SSSR count). The van der Waals surface area contributed by atoms with Crippen molar-refractivity contribution in [2.24, 2.45) is 5.73 Å². The van der Waals surface area contributed by atoms with Gasteiger partial charge in [0.25, 0.3) is 0 Å². The van der Waals surface area contributed by atoms with Crippen LogP contribution in [0.1, 0.15) is 27.9 Å². The summed E-state index contributed by atoms with van der Waals surface area (Å²) in [6, 6.07) is 1.84. The fourth-order valence-electron chi connectivity index (χ4n) is 1.74. The number of aromatic nitrogens is 2. The Labute approximate surface area is 105 Å².